The van der Waals surface area contributed by atoms with Crippen LogP contribution in [0, 0.1) is 17.6 Å². The number of carbonyl (C=O) groups is 1. The largest absolute Gasteiger partial charge is 0.396 e. The lowest BCUT2D eigenvalue weighted by molar-refractivity contribution is -0.113. The first kappa shape index (κ1) is 14.9. The highest BCUT2D eigenvalue weighted by atomic mass is 32.2. The molecule has 2 N–H and O–H groups in total. The van der Waals surface area contributed by atoms with Crippen molar-refractivity contribution in [3.8, 4) is 0 Å². The molecule has 1 unspecified atom stereocenters. The van der Waals surface area contributed by atoms with Crippen molar-refractivity contribution in [3.05, 3.63) is 29.8 Å². The third-order valence-corrected chi connectivity index (χ3v) is 3.36. The zero-order valence-electron chi connectivity index (χ0n) is 9.95. The topological polar surface area (TPSA) is 49.3 Å². The van der Waals surface area contributed by atoms with Crippen molar-refractivity contribution >= 4 is 23.4 Å². The fourth-order valence-electron chi connectivity index (χ4n) is 1.23. The van der Waals surface area contributed by atoms with Crippen LogP contribution < -0.4 is 5.32 Å². The molecule has 0 saturated heterocycles. The van der Waals surface area contributed by atoms with Crippen LogP contribution in [-0.4, -0.2) is 29.1 Å². The second-order valence-corrected chi connectivity index (χ2v) is 5.04. The van der Waals surface area contributed by atoms with Crippen LogP contribution in [0.3, 0.4) is 0 Å². The third-order valence-electron chi connectivity index (χ3n) is 2.09. The molecule has 1 amide bonds. The molecule has 18 heavy (non-hydrogen) atoms. The van der Waals surface area contributed by atoms with Gasteiger partial charge in [0.05, 0.1) is 5.75 Å². The summed E-state index contributed by atoms with van der Waals surface area (Å²) in [6, 6.07) is 2.86. The number of halogens is 2. The van der Waals surface area contributed by atoms with Crippen LogP contribution in [0.1, 0.15) is 6.92 Å². The lowest BCUT2D eigenvalue weighted by Crippen LogP contribution is -2.16. The molecule has 0 saturated carbocycles. The van der Waals surface area contributed by atoms with E-state index in [4.69, 9.17) is 5.11 Å². The van der Waals surface area contributed by atoms with Gasteiger partial charge in [0.1, 0.15) is 11.6 Å². The molecule has 0 aliphatic heterocycles. The molecule has 0 aliphatic carbocycles. The Morgan fingerprint density at radius 1 is 1.39 bits per heavy atom. The number of aliphatic hydroxyl groups is 1. The summed E-state index contributed by atoms with van der Waals surface area (Å²) in [5.41, 5.74) is 0.105. The summed E-state index contributed by atoms with van der Waals surface area (Å²) < 4.78 is 25.7. The Morgan fingerprint density at radius 2 is 2.00 bits per heavy atom. The number of hydrogen-bond acceptors (Lipinski definition) is 3. The fourth-order valence-corrected chi connectivity index (χ4v) is 2.11. The number of nitrogens with one attached hydrogen (secondary N) is 1. The highest BCUT2D eigenvalue weighted by Gasteiger charge is 2.07. The zero-order chi connectivity index (χ0) is 13.5. The van der Waals surface area contributed by atoms with E-state index in [-0.39, 0.29) is 29.9 Å². The van der Waals surface area contributed by atoms with Crippen LogP contribution in [-0.2, 0) is 4.79 Å². The molecule has 0 radical (unpaired) electrons. The van der Waals surface area contributed by atoms with E-state index in [1.54, 1.807) is 0 Å². The van der Waals surface area contributed by atoms with Crippen LogP contribution in [0.15, 0.2) is 18.2 Å². The predicted octanol–water partition coefficient (Wildman–Crippen LogP) is 2.26. The fraction of sp³-hybridized carbons (Fsp3) is 0.417. The van der Waals surface area contributed by atoms with E-state index in [9.17, 15) is 13.6 Å². The van der Waals surface area contributed by atoms with Gasteiger partial charge < -0.3 is 10.4 Å². The molecule has 0 heterocycles. The minimum Gasteiger partial charge on any atom is -0.396 e. The molecule has 1 aromatic rings. The molecular formula is C12H15F2NO2S. The summed E-state index contributed by atoms with van der Waals surface area (Å²) in [6.45, 7) is 1.94. The number of anilines is 1. The van der Waals surface area contributed by atoms with Gasteiger partial charge in [-0.05, 0) is 23.8 Å². The van der Waals surface area contributed by atoms with Crippen molar-refractivity contribution in [1.82, 2.24) is 0 Å². The van der Waals surface area contributed by atoms with Crippen molar-refractivity contribution < 1.29 is 18.7 Å². The van der Waals surface area contributed by atoms with E-state index >= 15 is 0 Å². The minimum absolute atomic E-state index is 0.0731. The highest BCUT2D eigenvalue weighted by molar-refractivity contribution is 7.99. The molecule has 1 aromatic carbocycles. The molecule has 0 aromatic heterocycles. The second-order valence-electron chi connectivity index (χ2n) is 4.01. The van der Waals surface area contributed by atoms with Gasteiger partial charge >= 0.3 is 0 Å². The molecular weight excluding hydrogens is 260 g/mol. The lowest BCUT2D eigenvalue weighted by Gasteiger charge is -2.08. The van der Waals surface area contributed by atoms with E-state index in [1.807, 2.05) is 6.92 Å². The van der Waals surface area contributed by atoms with Crippen molar-refractivity contribution in [2.24, 2.45) is 5.92 Å². The van der Waals surface area contributed by atoms with Crippen molar-refractivity contribution in [2.45, 2.75) is 6.92 Å². The van der Waals surface area contributed by atoms with Crippen molar-refractivity contribution in [3.63, 3.8) is 0 Å². The Kier molecular flexibility index (Phi) is 6.07. The summed E-state index contributed by atoms with van der Waals surface area (Å²) in [5, 5.41) is 11.2. The van der Waals surface area contributed by atoms with E-state index in [0.29, 0.717) is 5.75 Å². The first-order valence-electron chi connectivity index (χ1n) is 5.46. The molecule has 0 spiro atoms. The van der Waals surface area contributed by atoms with Gasteiger partial charge in [0.25, 0.3) is 0 Å². The molecule has 100 valence electrons. The molecule has 6 heteroatoms. The number of amides is 1. The monoisotopic (exact) mass is 275 g/mol. The lowest BCUT2D eigenvalue weighted by atomic mass is 10.2. The van der Waals surface area contributed by atoms with Crippen LogP contribution in [0.2, 0.25) is 0 Å². The molecule has 0 fully saturated rings. The SMILES string of the molecule is CC(CO)CSCC(=O)Nc1cc(F)cc(F)c1. The van der Waals surface area contributed by atoms with Crippen molar-refractivity contribution in [1.29, 1.82) is 0 Å². The molecule has 0 bridgehead atoms. The van der Waals surface area contributed by atoms with Gasteiger partial charge in [-0.15, -0.1) is 0 Å². The van der Waals surface area contributed by atoms with E-state index in [2.05, 4.69) is 5.32 Å². The van der Waals surface area contributed by atoms with Gasteiger partial charge in [-0.2, -0.15) is 11.8 Å². The summed E-state index contributed by atoms with van der Waals surface area (Å²) in [5.74, 6) is -0.826. The number of carbonyl (C=O) groups excluding carboxylic acids is 1. The van der Waals surface area contributed by atoms with Gasteiger partial charge in [0, 0.05) is 18.4 Å². The number of rotatable bonds is 6. The number of benzene rings is 1. The standard InChI is InChI=1S/C12H15F2NO2S/c1-8(5-16)6-18-7-12(17)15-11-3-9(13)2-10(14)4-11/h2-4,8,16H,5-7H2,1H3,(H,15,17). The number of aliphatic hydroxyl groups excluding tert-OH is 1. The normalized spacial score (nSPS) is 12.2. The summed E-state index contributed by atoms with van der Waals surface area (Å²) in [4.78, 5) is 11.5. The maximum Gasteiger partial charge on any atom is 0.234 e. The smallest absolute Gasteiger partial charge is 0.234 e. The Labute approximate surface area is 109 Å². The molecule has 1 atom stereocenters. The average molecular weight is 275 g/mol. The highest BCUT2D eigenvalue weighted by Crippen LogP contribution is 2.14. The van der Waals surface area contributed by atoms with Gasteiger partial charge in [-0.1, -0.05) is 6.92 Å². The van der Waals surface area contributed by atoms with Crippen LogP contribution >= 0.6 is 11.8 Å². The quantitative estimate of drug-likeness (QED) is 0.837. The summed E-state index contributed by atoms with van der Waals surface area (Å²) in [7, 11) is 0. The Morgan fingerprint density at radius 3 is 2.56 bits per heavy atom. The van der Waals surface area contributed by atoms with Crippen LogP contribution in [0.25, 0.3) is 0 Å². The average Bonchev–Trinajstić information content (AvgIpc) is 2.27. The Balaban J connectivity index is 2.40. The summed E-state index contributed by atoms with van der Waals surface area (Å²) in [6.07, 6.45) is 0. The van der Waals surface area contributed by atoms with E-state index < -0.39 is 11.6 Å². The van der Waals surface area contributed by atoms with Gasteiger partial charge in [-0.25, -0.2) is 8.78 Å². The van der Waals surface area contributed by atoms with Crippen LogP contribution in [0.4, 0.5) is 14.5 Å². The van der Waals surface area contributed by atoms with Gasteiger partial charge in [0.15, 0.2) is 0 Å². The first-order valence-corrected chi connectivity index (χ1v) is 6.61. The third kappa shape index (κ3) is 5.46. The maximum atomic E-state index is 12.9. The zero-order valence-corrected chi connectivity index (χ0v) is 10.8. The van der Waals surface area contributed by atoms with E-state index in [1.165, 1.54) is 11.8 Å². The summed E-state index contributed by atoms with van der Waals surface area (Å²) >= 11 is 1.36. The molecule has 3 nitrogen and oxygen atoms in total. The van der Waals surface area contributed by atoms with Crippen LogP contribution in [0.5, 0.6) is 0 Å². The molecule has 0 aliphatic rings. The molecule has 1 rings (SSSR count). The Bertz CT molecular complexity index is 395. The van der Waals surface area contributed by atoms with E-state index in [0.717, 1.165) is 18.2 Å². The van der Waals surface area contributed by atoms with Crippen molar-refractivity contribution in [2.75, 3.05) is 23.4 Å². The minimum atomic E-state index is -0.730. The van der Waals surface area contributed by atoms with Gasteiger partial charge in [0.2, 0.25) is 5.91 Å². The Hall–Kier alpha value is -1.14. The maximum absolute atomic E-state index is 12.9. The first-order chi connectivity index (χ1) is 8.51. The number of thioether (sulfide) groups is 1. The second kappa shape index (κ2) is 7.33. The predicted molar refractivity (Wildman–Crippen MR) is 68.6 cm³/mol. The van der Waals surface area contributed by atoms with Gasteiger partial charge in [-0.3, -0.25) is 4.79 Å². The number of hydrogen-bond donors (Lipinski definition) is 2.